The average molecular weight is 292 g/mol. The van der Waals surface area contributed by atoms with Crippen molar-refractivity contribution in [3.8, 4) is 0 Å². The molecule has 20 heavy (non-hydrogen) atoms. The third-order valence-corrected chi connectivity index (χ3v) is 2.41. The number of nitrogens with zero attached hydrogens (tertiary/aromatic N) is 1. The lowest BCUT2D eigenvalue weighted by Crippen LogP contribution is -2.12. The smallest absolute Gasteiger partial charge is 0.255 e. The number of aromatic nitrogens is 1. The molecule has 0 fully saturated rings. The Balaban J connectivity index is 0.00000200. The van der Waals surface area contributed by atoms with Crippen molar-refractivity contribution in [1.29, 1.82) is 0 Å². The lowest BCUT2D eigenvalue weighted by Gasteiger charge is -2.06. The number of benzene rings is 1. The van der Waals surface area contributed by atoms with E-state index in [1.807, 2.05) is 0 Å². The van der Waals surface area contributed by atoms with E-state index in [1.54, 1.807) is 48.8 Å². The fourth-order valence-electron chi connectivity index (χ4n) is 1.55. The second-order valence-electron chi connectivity index (χ2n) is 3.95. The molecular weight excluding hydrogens is 278 g/mol. The second-order valence-corrected chi connectivity index (χ2v) is 3.95. The van der Waals surface area contributed by atoms with E-state index in [0.717, 1.165) is 0 Å². The van der Waals surface area contributed by atoms with Crippen LogP contribution in [-0.4, -0.2) is 16.8 Å². The number of halogens is 1. The van der Waals surface area contributed by atoms with Crippen LogP contribution in [0, 0.1) is 0 Å². The number of nitrogens with one attached hydrogen (secondary N) is 2. The highest BCUT2D eigenvalue weighted by atomic mass is 35.5. The molecule has 0 spiro atoms. The molecule has 2 amide bonds. The summed E-state index contributed by atoms with van der Waals surface area (Å²) in [5.74, 6) is -0.330. The first-order chi connectivity index (χ1) is 9.15. The lowest BCUT2D eigenvalue weighted by atomic mass is 10.2. The number of carbonyl (C=O) groups is 2. The van der Waals surface area contributed by atoms with Crippen LogP contribution < -0.4 is 10.6 Å². The maximum atomic E-state index is 11.9. The van der Waals surface area contributed by atoms with E-state index in [9.17, 15) is 9.59 Å². The van der Waals surface area contributed by atoms with E-state index < -0.39 is 0 Å². The van der Waals surface area contributed by atoms with Crippen LogP contribution in [0.5, 0.6) is 0 Å². The van der Waals surface area contributed by atoms with Crippen molar-refractivity contribution < 1.29 is 9.59 Å². The summed E-state index contributed by atoms with van der Waals surface area (Å²) in [6.45, 7) is 1.44. The van der Waals surface area contributed by atoms with Gasteiger partial charge < -0.3 is 10.6 Å². The van der Waals surface area contributed by atoms with Gasteiger partial charge >= 0.3 is 0 Å². The van der Waals surface area contributed by atoms with Gasteiger partial charge in [-0.1, -0.05) is 0 Å². The van der Waals surface area contributed by atoms with Crippen molar-refractivity contribution in [2.24, 2.45) is 0 Å². The SMILES string of the molecule is CC(=O)Nc1ccc(NC(=O)c2ccncc2)cc1.Cl. The van der Waals surface area contributed by atoms with Crippen LogP contribution in [-0.2, 0) is 4.79 Å². The molecule has 5 nitrogen and oxygen atoms in total. The molecule has 1 aromatic carbocycles. The zero-order chi connectivity index (χ0) is 13.7. The third kappa shape index (κ3) is 4.37. The minimum absolute atomic E-state index is 0. The predicted octanol–water partition coefficient (Wildman–Crippen LogP) is 2.71. The Morgan fingerprint density at radius 1 is 0.900 bits per heavy atom. The maximum Gasteiger partial charge on any atom is 0.255 e. The van der Waals surface area contributed by atoms with Crippen molar-refractivity contribution in [2.75, 3.05) is 10.6 Å². The number of hydrogen-bond donors (Lipinski definition) is 2. The number of pyridine rings is 1. The molecule has 0 bridgehead atoms. The highest BCUT2D eigenvalue weighted by molar-refractivity contribution is 6.04. The van der Waals surface area contributed by atoms with Gasteiger partial charge in [0.15, 0.2) is 0 Å². The van der Waals surface area contributed by atoms with E-state index in [-0.39, 0.29) is 24.2 Å². The van der Waals surface area contributed by atoms with Gasteiger partial charge in [0.05, 0.1) is 0 Å². The van der Waals surface area contributed by atoms with Crippen molar-refractivity contribution >= 4 is 35.6 Å². The molecule has 0 atom stereocenters. The van der Waals surface area contributed by atoms with Crippen molar-refractivity contribution in [1.82, 2.24) is 4.98 Å². The highest BCUT2D eigenvalue weighted by Gasteiger charge is 2.05. The van der Waals surface area contributed by atoms with Gasteiger partial charge in [0.25, 0.3) is 5.91 Å². The topological polar surface area (TPSA) is 71.1 Å². The zero-order valence-electron chi connectivity index (χ0n) is 10.8. The van der Waals surface area contributed by atoms with Crippen LogP contribution in [0.4, 0.5) is 11.4 Å². The summed E-state index contributed by atoms with van der Waals surface area (Å²) in [5.41, 5.74) is 1.89. The minimum atomic E-state index is -0.199. The molecule has 2 rings (SSSR count). The van der Waals surface area contributed by atoms with Crippen LogP contribution in [0.25, 0.3) is 0 Å². The lowest BCUT2D eigenvalue weighted by molar-refractivity contribution is -0.114. The third-order valence-electron chi connectivity index (χ3n) is 2.41. The number of anilines is 2. The highest BCUT2D eigenvalue weighted by Crippen LogP contribution is 2.14. The van der Waals surface area contributed by atoms with Crippen LogP contribution in [0.2, 0.25) is 0 Å². The minimum Gasteiger partial charge on any atom is -0.326 e. The fourth-order valence-corrected chi connectivity index (χ4v) is 1.55. The largest absolute Gasteiger partial charge is 0.326 e. The summed E-state index contributed by atoms with van der Waals surface area (Å²) in [6, 6.07) is 10.2. The number of hydrogen-bond acceptors (Lipinski definition) is 3. The molecule has 0 aliphatic heterocycles. The van der Waals surface area contributed by atoms with Crippen molar-refractivity contribution in [3.05, 3.63) is 54.4 Å². The monoisotopic (exact) mass is 291 g/mol. The van der Waals surface area contributed by atoms with Gasteiger partial charge in [-0.2, -0.15) is 0 Å². The molecule has 0 unspecified atom stereocenters. The Kier molecular flexibility index (Phi) is 5.68. The summed E-state index contributed by atoms with van der Waals surface area (Å²) in [5, 5.41) is 5.42. The van der Waals surface area contributed by atoms with Gasteiger partial charge in [0.2, 0.25) is 5.91 Å². The van der Waals surface area contributed by atoms with Gasteiger partial charge in [-0.25, -0.2) is 0 Å². The van der Waals surface area contributed by atoms with Crippen LogP contribution >= 0.6 is 12.4 Å². The Morgan fingerprint density at radius 2 is 1.40 bits per heavy atom. The van der Waals surface area contributed by atoms with Gasteiger partial charge in [-0.15, -0.1) is 12.4 Å². The van der Waals surface area contributed by atoms with E-state index in [4.69, 9.17) is 0 Å². The molecule has 0 radical (unpaired) electrons. The number of carbonyl (C=O) groups excluding carboxylic acids is 2. The fraction of sp³-hybridized carbons (Fsp3) is 0.0714. The molecule has 0 saturated heterocycles. The maximum absolute atomic E-state index is 11.9. The van der Waals surface area contributed by atoms with Crippen LogP contribution in [0.3, 0.4) is 0 Å². The van der Waals surface area contributed by atoms with Gasteiger partial charge in [-0.3, -0.25) is 14.6 Å². The molecule has 1 aromatic heterocycles. The molecular formula is C14H14ClN3O2. The first kappa shape index (κ1) is 15.7. The van der Waals surface area contributed by atoms with Crippen molar-refractivity contribution in [2.45, 2.75) is 6.92 Å². The first-order valence-electron chi connectivity index (χ1n) is 5.74. The van der Waals surface area contributed by atoms with E-state index in [2.05, 4.69) is 15.6 Å². The molecule has 1 heterocycles. The zero-order valence-corrected chi connectivity index (χ0v) is 11.6. The Hall–Kier alpha value is -2.40. The van der Waals surface area contributed by atoms with E-state index in [1.165, 1.54) is 6.92 Å². The van der Waals surface area contributed by atoms with Crippen LogP contribution in [0.15, 0.2) is 48.8 Å². The van der Waals surface area contributed by atoms with Crippen LogP contribution in [0.1, 0.15) is 17.3 Å². The first-order valence-corrected chi connectivity index (χ1v) is 5.74. The molecule has 0 saturated carbocycles. The second kappa shape index (κ2) is 7.25. The average Bonchev–Trinajstić information content (AvgIpc) is 2.41. The van der Waals surface area contributed by atoms with Crippen molar-refractivity contribution in [3.63, 3.8) is 0 Å². The summed E-state index contributed by atoms with van der Waals surface area (Å²) in [7, 11) is 0. The summed E-state index contributed by atoms with van der Waals surface area (Å²) in [4.78, 5) is 26.6. The molecule has 0 aliphatic carbocycles. The number of rotatable bonds is 3. The molecule has 2 aromatic rings. The van der Waals surface area contributed by atoms with E-state index in [0.29, 0.717) is 16.9 Å². The molecule has 2 N–H and O–H groups in total. The molecule has 0 aliphatic rings. The predicted molar refractivity (Wildman–Crippen MR) is 80.2 cm³/mol. The Labute approximate surface area is 122 Å². The Bertz CT molecular complexity index is 585. The van der Waals surface area contributed by atoms with Gasteiger partial charge in [0.1, 0.15) is 0 Å². The number of amides is 2. The molecule has 104 valence electrons. The quantitative estimate of drug-likeness (QED) is 0.913. The van der Waals surface area contributed by atoms with Gasteiger partial charge in [0, 0.05) is 36.3 Å². The van der Waals surface area contributed by atoms with Gasteiger partial charge in [-0.05, 0) is 36.4 Å². The molecule has 6 heteroatoms. The van der Waals surface area contributed by atoms with E-state index >= 15 is 0 Å². The summed E-state index contributed by atoms with van der Waals surface area (Å²) < 4.78 is 0. The standard InChI is InChI=1S/C14H13N3O2.ClH/c1-10(18)16-12-2-4-13(5-3-12)17-14(19)11-6-8-15-9-7-11;/h2-9H,1H3,(H,16,18)(H,17,19);1H. The summed E-state index contributed by atoms with van der Waals surface area (Å²) >= 11 is 0. The summed E-state index contributed by atoms with van der Waals surface area (Å²) in [6.07, 6.45) is 3.13. The Morgan fingerprint density at radius 3 is 1.90 bits per heavy atom. The normalized spacial score (nSPS) is 9.25.